The van der Waals surface area contributed by atoms with Crippen LogP contribution in [0.15, 0.2) is 36.5 Å². The fraction of sp³-hybridized carbons (Fsp3) is 0.820. The first-order chi connectivity index (χ1) is 28.0. The first kappa shape index (κ1) is 46.0. The fourth-order valence-corrected chi connectivity index (χ4v) is 12.5. The summed E-state index contributed by atoms with van der Waals surface area (Å²) in [5.74, 6) is 7.57. The quantitative estimate of drug-likeness (QED) is 0.0407. The van der Waals surface area contributed by atoms with Crippen molar-refractivity contribution in [3.63, 3.8) is 0 Å². The molecule has 3 N–H and O–H groups in total. The van der Waals surface area contributed by atoms with E-state index in [2.05, 4.69) is 36.5 Å². The van der Waals surface area contributed by atoms with Crippen molar-refractivity contribution in [1.29, 1.82) is 0 Å². The Balaban J connectivity index is 0.000000150. The minimum Gasteiger partial charge on any atom is -0.466 e. The fourth-order valence-electron chi connectivity index (χ4n) is 12.5. The molecule has 0 aromatic carbocycles. The van der Waals surface area contributed by atoms with Gasteiger partial charge in [0.15, 0.2) is 0 Å². The molecule has 0 saturated heterocycles. The average Bonchev–Trinajstić information content (AvgIpc) is 4.06. The second kappa shape index (κ2) is 19.7. The van der Waals surface area contributed by atoms with Gasteiger partial charge in [-0.05, 0) is 189 Å². The Labute approximate surface area is 355 Å². The normalized spacial score (nSPS) is 35.0. The summed E-state index contributed by atoms with van der Waals surface area (Å²) in [7, 11) is 0. The molecule has 8 bridgehead atoms. The topological polar surface area (TPSA) is 140 Å². The van der Waals surface area contributed by atoms with Crippen LogP contribution in [0.3, 0.4) is 0 Å². The Bertz CT molecular complexity index is 1510. The molecule has 0 aromatic rings. The zero-order valence-electron chi connectivity index (χ0n) is 37.2. The number of ether oxygens (including phenoxy) is 3. The monoisotopic (exact) mass is 823 g/mol. The number of carbonyl (C=O) groups is 3. The van der Waals surface area contributed by atoms with Gasteiger partial charge in [-0.2, -0.15) is 0 Å². The summed E-state index contributed by atoms with van der Waals surface area (Å²) < 4.78 is 16.1. The average molecular weight is 823 g/mol. The maximum atomic E-state index is 12.5. The van der Waals surface area contributed by atoms with Crippen LogP contribution in [0.25, 0.3) is 0 Å². The molecule has 332 valence electrons. The molecule has 0 amide bonds. The van der Waals surface area contributed by atoms with E-state index < -0.39 is 16.8 Å². The van der Waals surface area contributed by atoms with Gasteiger partial charge in [0.2, 0.25) is 0 Å². The molecular weight excluding hydrogens is 745 g/mol. The van der Waals surface area contributed by atoms with Crippen LogP contribution in [0.4, 0.5) is 0 Å². The first-order valence-corrected chi connectivity index (χ1v) is 23.7. The van der Waals surface area contributed by atoms with Gasteiger partial charge >= 0.3 is 17.9 Å². The Morgan fingerprint density at radius 2 is 1.08 bits per heavy atom. The number of fused-ring (bicyclic) bond motifs is 13. The SMILES string of the molecule is CC(C)(O)CCCOC(=O)C1CC2CC1C1C3C=CC(C3)C21.CC(C)(O)CCCOC(=O)CC1CC2C=CC1C2.CCC(O)(CC)CCCOC(=O)C1CC2C=CC1C2. The van der Waals surface area contributed by atoms with E-state index in [0.29, 0.717) is 81.0 Å². The highest BCUT2D eigenvalue weighted by molar-refractivity contribution is 5.74. The van der Waals surface area contributed by atoms with Gasteiger partial charge in [0.05, 0.1) is 48.5 Å². The van der Waals surface area contributed by atoms with Gasteiger partial charge in [-0.3, -0.25) is 14.4 Å². The molecule has 59 heavy (non-hydrogen) atoms. The number of esters is 3. The molecule has 13 unspecified atom stereocenters. The molecule has 0 heterocycles. The van der Waals surface area contributed by atoms with E-state index in [9.17, 15) is 29.7 Å². The van der Waals surface area contributed by atoms with Gasteiger partial charge in [0.1, 0.15) is 0 Å². The van der Waals surface area contributed by atoms with E-state index in [1.54, 1.807) is 27.7 Å². The maximum absolute atomic E-state index is 12.5. The molecule has 0 spiro atoms. The summed E-state index contributed by atoms with van der Waals surface area (Å²) >= 11 is 0. The highest BCUT2D eigenvalue weighted by Crippen LogP contribution is 2.67. The second-order valence-electron chi connectivity index (χ2n) is 21.2. The van der Waals surface area contributed by atoms with Crippen LogP contribution in [0, 0.1) is 76.9 Å². The molecule has 0 aromatic heterocycles. The molecular formula is C50H78O9. The van der Waals surface area contributed by atoms with E-state index in [1.165, 1.54) is 19.3 Å². The molecule has 5 saturated carbocycles. The lowest BCUT2D eigenvalue weighted by Crippen LogP contribution is -2.35. The molecule has 8 rings (SSSR count). The van der Waals surface area contributed by atoms with Gasteiger partial charge in [0, 0.05) is 6.42 Å². The molecule has 8 aliphatic rings. The number of carbonyl (C=O) groups excluding carboxylic acids is 3. The van der Waals surface area contributed by atoms with Crippen LogP contribution in [-0.2, 0) is 28.6 Å². The molecule has 13 atom stereocenters. The lowest BCUT2D eigenvalue weighted by atomic mass is 9.69. The molecule has 5 fully saturated rings. The standard InChI is InChI=1S/C19H28O3.C16H26O3.C15H24O3/c1-19(2,21)6-3-7-22-18(20)15-10-13-9-14(15)17-12-5-4-11(8-12)16(13)17;1-3-16(18,4-2)8-5-9-19-15(17)14-11-12-6-7-13(14)10-12;1-15(2,17)6-3-7-18-14(16)10-13-9-11-4-5-12(13)8-11/h4-5,11-17,21H,3,6-10H2,1-2H3;6-7,12-14,18H,3-5,8-11H2,1-2H3;4-5,11-13,17H,3,6-10H2,1-2H3. The van der Waals surface area contributed by atoms with Crippen molar-refractivity contribution in [2.75, 3.05) is 19.8 Å². The third-order valence-electron chi connectivity index (χ3n) is 15.7. The largest absolute Gasteiger partial charge is 0.466 e. The lowest BCUT2D eigenvalue weighted by molar-refractivity contribution is -0.152. The van der Waals surface area contributed by atoms with Crippen molar-refractivity contribution in [3.05, 3.63) is 36.5 Å². The number of allylic oxidation sites excluding steroid dienone is 6. The van der Waals surface area contributed by atoms with Crippen LogP contribution < -0.4 is 0 Å². The van der Waals surface area contributed by atoms with Crippen molar-refractivity contribution in [3.8, 4) is 0 Å². The summed E-state index contributed by atoms with van der Waals surface area (Å²) in [5.41, 5.74) is -1.91. The van der Waals surface area contributed by atoms with Gasteiger partial charge in [-0.1, -0.05) is 50.3 Å². The molecule has 9 nitrogen and oxygen atoms in total. The van der Waals surface area contributed by atoms with Crippen LogP contribution >= 0.6 is 0 Å². The minimum absolute atomic E-state index is 0.0339. The smallest absolute Gasteiger partial charge is 0.309 e. The van der Waals surface area contributed by atoms with E-state index in [4.69, 9.17) is 14.2 Å². The van der Waals surface area contributed by atoms with Crippen molar-refractivity contribution < 1.29 is 43.9 Å². The molecule has 8 aliphatic carbocycles. The van der Waals surface area contributed by atoms with Gasteiger partial charge in [0.25, 0.3) is 0 Å². The highest BCUT2D eigenvalue weighted by Gasteiger charge is 2.62. The lowest BCUT2D eigenvalue weighted by Gasteiger charge is -2.35. The van der Waals surface area contributed by atoms with Crippen molar-refractivity contribution >= 4 is 17.9 Å². The first-order valence-electron chi connectivity index (χ1n) is 23.7. The molecule has 0 radical (unpaired) electrons. The van der Waals surface area contributed by atoms with Crippen molar-refractivity contribution in [2.24, 2.45) is 76.9 Å². The van der Waals surface area contributed by atoms with Crippen molar-refractivity contribution in [2.45, 2.75) is 161 Å². The molecule has 0 aliphatic heterocycles. The highest BCUT2D eigenvalue weighted by atomic mass is 16.5. The maximum Gasteiger partial charge on any atom is 0.309 e. The minimum atomic E-state index is -0.665. The number of hydrogen-bond acceptors (Lipinski definition) is 9. The Hall–Kier alpha value is -2.49. The van der Waals surface area contributed by atoms with Crippen LogP contribution in [0.1, 0.15) is 144 Å². The second-order valence-corrected chi connectivity index (χ2v) is 21.2. The third-order valence-corrected chi connectivity index (χ3v) is 15.7. The van der Waals surface area contributed by atoms with E-state index in [1.807, 2.05) is 13.8 Å². The van der Waals surface area contributed by atoms with Crippen LogP contribution in [0.5, 0.6) is 0 Å². The summed E-state index contributed by atoms with van der Waals surface area (Å²) in [4.78, 5) is 36.1. The Morgan fingerprint density at radius 3 is 1.61 bits per heavy atom. The number of hydrogen-bond donors (Lipinski definition) is 3. The number of aliphatic hydroxyl groups is 3. The van der Waals surface area contributed by atoms with E-state index in [-0.39, 0.29) is 29.7 Å². The van der Waals surface area contributed by atoms with Gasteiger partial charge in [-0.15, -0.1) is 0 Å². The summed E-state index contributed by atoms with van der Waals surface area (Å²) in [6.07, 6.45) is 28.3. The van der Waals surface area contributed by atoms with Crippen molar-refractivity contribution in [1.82, 2.24) is 0 Å². The third kappa shape index (κ3) is 12.1. The summed E-state index contributed by atoms with van der Waals surface area (Å²) in [6, 6.07) is 0. The zero-order valence-corrected chi connectivity index (χ0v) is 37.2. The molecule has 9 heteroatoms. The predicted molar refractivity (Wildman–Crippen MR) is 228 cm³/mol. The van der Waals surface area contributed by atoms with E-state index in [0.717, 1.165) is 87.4 Å². The van der Waals surface area contributed by atoms with Gasteiger partial charge in [-0.25, -0.2) is 0 Å². The van der Waals surface area contributed by atoms with Crippen LogP contribution in [-0.4, -0.2) is 69.9 Å². The number of rotatable bonds is 18. The predicted octanol–water partition coefficient (Wildman–Crippen LogP) is 8.93. The zero-order chi connectivity index (χ0) is 42.5. The summed E-state index contributed by atoms with van der Waals surface area (Å²) in [6.45, 7) is 12.5. The van der Waals surface area contributed by atoms with Crippen LogP contribution in [0.2, 0.25) is 0 Å². The Kier molecular flexibility index (Phi) is 15.4. The van der Waals surface area contributed by atoms with E-state index >= 15 is 0 Å². The Morgan fingerprint density at radius 1 is 0.559 bits per heavy atom. The van der Waals surface area contributed by atoms with Gasteiger partial charge < -0.3 is 29.5 Å². The summed E-state index contributed by atoms with van der Waals surface area (Å²) in [5, 5.41) is 29.4.